The van der Waals surface area contributed by atoms with Gasteiger partial charge in [0.2, 0.25) is 0 Å². The Balaban J connectivity index is 1.28. The van der Waals surface area contributed by atoms with E-state index in [4.69, 9.17) is 19.4 Å². The van der Waals surface area contributed by atoms with E-state index >= 15 is 0 Å². The smallest absolute Gasteiger partial charge is 0.164 e. The lowest BCUT2D eigenvalue weighted by Crippen LogP contribution is -2.00. The second-order valence-electron chi connectivity index (χ2n) is 10.8. The third kappa shape index (κ3) is 4.02. The molecule has 0 aliphatic carbocycles. The maximum atomic E-state index is 6.42. The number of nitrogens with zero attached hydrogens (tertiary/aromatic N) is 3. The average Bonchev–Trinajstić information content (AvgIpc) is 3.67. The minimum absolute atomic E-state index is 0.623. The van der Waals surface area contributed by atoms with Crippen molar-refractivity contribution >= 4 is 53.4 Å². The van der Waals surface area contributed by atoms with Gasteiger partial charge in [-0.2, -0.15) is 0 Å². The van der Waals surface area contributed by atoms with Gasteiger partial charge in [-0.25, -0.2) is 15.0 Å². The first-order valence-corrected chi connectivity index (χ1v) is 15.3. The molecular formula is C39H23N3OS. The van der Waals surface area contributed by atoms with Crippen LogP contribution >= 0.6 is 11.3 Å². The topological polar surface area (TPSA) is 51.8 Å². The van der Waals surface area contributed by atoms with E-state index in [-0.39, 0.29) is 0 Å². The molecule has 0 spiro atoms. The third-order valence-corrected chi connectivity index (χ3v) is 9.28. The van der Waals surface area contributed by atoms with E-state index < -0.39 is 0 Å². The predicted molar refractivity (Wildman–Crippen MR) is 182 cm³/mol. The molecule has 4 nitrogen and oxygen atoms in total. The van der Waals surface area contributed by atoms with Crippen molar-refractivity contribution in [3.63, 3.8) is 0 Å². The van der Waals surface area contributed by atoms with Crippen LogP contribution in [0.3, 0.4) is 0 Å². The van der Waals surface area contributed by atoms with Crippen molar-refractivity contribution in [2.45, 2.75) is 0 Å². The van der Waals surface area contributed by atoms with Crippen molar-refractivity contribution < 1.29 is 4.42 Å². The van der Waals surface area contributed by atoms with Crippen molar-refractivity contribution in [3.8, 4) is 45.3 Å². The molecule has 0 aliphatic rings. The van der Waals surface area contributed by atoms with Gasteiger partial charge in [0.1, 0.15) is 11.2 Å². The maximum absolute atomic E-state index is 6.42. The molecule has 6 aromatic carbocycles. The highest BCUT2D eigenvalue weighted by Gasteiger charge is 2.18. The number of fused-ring (bicyclic) bond motifs is 6. The van der Waals surface area contributed by atoms with Crippen LogP contribution in [0.25, 0.3) is 87.4 Å². The van der Waals surface area contributed by atoms with Crippen LogP contribution in [0.1, 0.15) is 0 Å². The first kappa shape index (κ1) is 24.9. The summed E-state index contributed by atoms with van der Waals surface area (Å²) < 4.78 is 8.99. The highest BCUT2D eigenvalue weighted by atomic mass is 32.1. The number of thiophene rings is 1. The van der Waals surface area contributed by atoms with Crippen molar-refractivity contribution in [2.24, 2.45) is 0 Å². The molecule has 0 amide bonds. The molecule has 44 heavy (non-hydrogen) atoms. The van der Waals surface area contributed by atoms with Crippen LogP contribution in [0.15, 0.2) is 144 Å². The van der Waals surface area contributed by atoms with E-state index in [0.717, 1.165) is 44.2 Å². The van der Waals surface area contributed by atoms with E-state index in [0.29, 0.717) is 17.5 Å². The van der Waals surface area contributed by atoms with Crippen LogP contribution in [0, 0.1) is 0 Å². The van der Waals surface area contributed by atoms with Gasteiger partial charge in [-0.3, -0.25) is 0 Å². The molecule has 0 unspecified atom stereocenters. The summed E-state index contributed by atoms with van der Waals surface area (Å²) in [4.78, 5) is 14.8. The first-order chi connectivity index (χ1) is 21.8. The fourth-order valence-corrected chi connectivity index (χ4v) is 7.26. The van der Waals surface area contributed by atoms with Crippen molar-refractivity contribution in [1.82, 2.24) is 15.0 Å². The summed E-state index contributed by atoms with van der Waals surface area (Å²) in [5.74, 6) is 1.91. The van der Waals surface area contributed by atoms with Crippen LogP contribution in [0.2, 0.25) is 0 Å². The lowest BCUT2D eigenvalue weighted by molar-refractivity contribution is 0.669. The molecule has 3 heterocycles. The van der Waals surface area contributed by atoms with Crippen LogP contribution in [-0.4, -0.2) is 15.0 Å². The van der Waals surface area contributed by atoms with Crippen LogP contribution < -0.4 is 0 Å². The number of benzene rings is 6. The summed E-state index contributed by atoms with van der Waals surface area (Å²) in [6.07, 6.45) is 0. The average molecular weight is 582 g/mol. The van der Waals surface area contributed by atoms with Gasteiger partial charge in [-0.05, 0) is 47.5 Å². The molecule has 5 heteroatoms. The van der Waals surface area contributed by atoms with Crippen molar-refractivity contribution in [1.29, 1.82) is 0 Å². The molecule has 206 valence electrons. The van der Waals surface area contributed by atoms with Crippen molar-refractivity contribution in [2.75, 3.05) is 0 Å². The highest BCUT2D eigenvalue weighted by molar-refractivity contribution is 7.25. The zero-order valence-electron chi connectivity index (χ0n) is 23.4. The molecule has 0 bridgehead atoms. The lowest BCUT2D eigenvalue weighted by Gasteiger charge is -2.09. The van der Waals surface area contributed by atoms with E-state index in [9.17, 15) is 0 Å². The Morgan fingerprint density at radius 1 is 0.409 bits per heavy atom. The molecule has 0 atom stereocenters. The Labute approximate surface area is 256 Å². The Kier molecular flexibility index (Phi) is 5.64. The molecular weight excluding hydrogens is 559 g/mol. The molecule has 0 aliphatic heterocycles. The summed E-state index contributed by atoms with van der Waals surface area (Å²) in [6, 6.07) is 47.9. The summed E-state index contributed by atoms with van der Waals surface area (Å²) >= 11 is 1.83. The molecule has 0 saturated carbocycles. The zero-order chi connectivity index (χ0) is 29.0. The minimum Gasteiger partial charge on any atom is -0.456 e. The largest absolute Gasteiger partial charge is 0.456 e. The monoisotopic (exact) mass is 581 g/mol. The van der Waals surface area contributed by atoms with Gasteiger partial charge in [0.25, 0.3) is 0 Å². The first-order valence-electron chi connectivity index (χ1n) is 14.5. The van der Waals surface area contributed by atoms with E-state index in [1.165, 1.54) is 25.7 Å². The lowest BCUT2D eigenvalue weighted by atomic mass is 9.95. The predicted octanol–water partition coefficient (Wildman–Crippen LogP) is 10.8. The van der Waals surface area contributed by atoms with E-state index in [2.05, 4.69) is 60.7 Å². The summed E-state index contributed by atoms with van der Waals surface area (Å²) in [7, 11) is 0. The second kappa shape index (κ2) is 9.97. The van der Waals surface area contributed by atoms with Gasteiger partial charge >= 0.3 is 0 Å². The molecule has 0 fully saturated rings. The minimum atomic E-state index is 0.623. The SMILES string of the molecule is c1ccc(-c2nc(-c3ccccc3)nc(-c3ccc4oc5cccc(-c6cccc7sc8ccccc8c67)c5c4c3)n2)cc1. The van der Waals surface area contributed by atoms with Gasteiger partial charge in [-0.15, -0.1) is 11.3 Å². The fraction of sp³-hybridized carbons (Fsp3) is 0. The Morgan fingerprint density at radius 2 is 1.00 bits per heavy atom. The Morgan fingerprint density at radius 3 is 1.73 bits per heavy atom. The van der Waals surface area contributed by atoms with Gasteiger partial charge in [0.05, 0.1) is 0 Å². The Hall–Kier alpha value is -5.65. The second-order valence-corrected chi connectivity index (χ2v) is 11.9. The Bertz CT molecular complexity index is 2440. The molecule has 0 radical (unpaired) electrons. The van der Waals surface area contributed by atoms with Gasteiger partial charge in [0, 0.05) is 47.6 Å². The van der Waals surface area contributed by atoms with Gasteiger partial charge in [0.15, 0.2) is 17.5 Å². The number of furan rings is 1. The van der Waals surface area contributed by atoms with Crippen molar-refractivity contribution in [3.05, 3.63) is 140 Å². The summed E-state index contributed by atoms with van der Waals surface area (Å²) in [5, 5.41) is 4.68. The number of hydrogen-bond donors (Lipinski definition) is 0. The van der Waals surface area contributed by atoms with E-state index in [1.54, 1.807) is 0 Å². The van der Waals surface area contributed by atoms with Crippen LogP contribution in [0.5, 0.6) is 0 Å². The molecule has 3 aromatic heterocycles. The maximum Gasteiger partial charge on any atom is 0.164 e. The molecule has 0 N–H and O–H groups in total. The number of aromatic nitrogens is 3. The summed E-state index contributed by atoms with van der Waals surface area (Å²) in [5.41, 5.74) is 6.85. The molecule has 9 aromatic rings. The number of hydrogen-bond acceptors (Lipinski definition) is 5. The fourth-order valence-electron chi connectivity index (χ4n) is 6.13. The standard InChI is InChI=1S/C39H23N3OS/c1-3-11-24(12-4-1)37-40-38(25-13-5-2-6-14-25)42-39(41-37)26-21-22-31-30(23-26)35-27(16-9-18-32(35)43-31)28-17-10-20-34-36(28)29-15-7-8-19-33(29)44-34/h1-23H. The van der Waals surface area contributed by atoms with Crippen LogP contribution in [-0.2, 0) is 0 Å². The summed E-state index contributed by atoms with van der Waals surface area (Å²) in [6.45, 7) is 0. The quantitative estimate of drug-likeness (QED) is 0.207. The van der Waals surface area contributed by atoms with E-state index in [1.807, 2.05) is 90.2 Å². The zero-order valence-corrected chi connectivity index (χ0v) is 24.3. The highest BCUT2D eigenvalue weighted by Crippen LogP contribution is 2.44. The van der Waals surface area contributed by atoms with Gasteiger partial charge in [-0.1, -0.05) is 103 Å². The number of rotatable bonds is 4. The molecule has 0 saturated heterocycles. The van der Waals surface area contributed by atoms with Crippen LogP contribution in [0.4, 0.5) is 0 Å². The van der Waals surface area contributed by atoms with Gasteiger partial charge < -0.3 is 4.42 Å². The normalized spacial score (nSPS) is 11.6. The molecule has 9 rings (SSSR count). The third-order valence-electron chi connectivity index (χ3n) is 8.15.